The number of halogens is 2. The van der Waals surface area contributed by atoms with E-state index in [-0.39, 0.29) is 18.3 Å². The van der Waals surface area contributed by atoms with Gasteiger partial charge in [0.1, 0.15) is 11.6 Å². The molecule has 0 unspecified atom stereocenters. The number of urea groups is 1. The number of benzene rings is 3. The molecule has 0 aliphatic carbocycles. The Morgan fingerprint density at radius 2 is 1.70 bits per heavy atom. The zero-order valence-electron chi connectivity index (χ0n) is 17.8. The SMILES string of the molecule is Cc1ccc2c(c1)[C@@]1(SCCN1C(=O)Nc1ccc(F)cc1)C(=O)N2Cc1ccc(F)cc1. The average Bonchev–Trinajstić information content (AvgIpc) is 3.34. The monoisotopic (exact) mass is 465 g/mol. The van der Waals surface area contributed by atoms with Crippen LogP contribution in [0.3, 0.4) is 0 Å². The first-order chi connectivity index (χ1) is 15.9. The predicted octanol–water partition coefficient (Wildman–Crippen LogP) is 5.25. The highest BCUT2D eigenvalue weighted by atomic mass is 32.2. The lowest BCUT2D eigenvalue weighted by atomic mass is 10.0. The van der Waals surface area contributed by atoms with Crippen LogP contribution in [-0.2, 0) is 16.2 Å². The summed E-state index contributed by atoms with van der Waals surface area (Å²) in [5.41, 5.74) is 3.73. The quantitative estimate of drug-likeness (QED) is 0.575. The topological polar surface area (TPSA) is 52.7 Å². The number of rotatable bonds is 3. The summed E-state index contributed by atoms with van der Waals surface area (Å²) >= 11 is 1.43. The standard InChI is InChI=1S/C25H21F2N3O2S/c1-16-2-11-22-21(14-16)25(23(31)29(22)15-17-3-5-18(26)6-4-17)30(12-13-33-25)24(32)28-20-9-7-19(27)8-10-20/h2-11,14H,12-13,15H2,1H3,(H,28,32)/t25-/m1/s1. The number of hydrogen-bond acceptors (Lipinski definition) is 3. The van der Waals surface area contributed by atoms with Crippen LogP contribution in [0, 0.1) is 18.6 Å². The molecule has 0 aromatic heterocycles. The van der Waals surface area contributed by atoms with E-state index in [1.165, 1.54) is 48.2 Å². The first-order valence-corrected chi connectivity index (χ1v) is 11.5. The van der Waals surface area contributed by atoms with E-state index in [2.05, 4.69) is 5.32 Å². The summed E-state index contributed by atoms with van der Waals surface area (Å²) in [6, 6.07) is 16.9. The average molecular weight is 466 g/mol. The highest BCUT2D eigenvalue weighted by molar-refractivity contribution is 8.01. The number of aryl methyl sites for hydroxylation is 1. The first kappa shape index (κ1) is 21.5. The van der Waals surface area contributed by atoms with Crippen molar-refractivity contribution in [1.82, 2.24) is 4.90 Å². The van der Waals surface area contributed by atoms with Crippen LogP contribution in [0.1, 0.15) is 16.7 Å². The maximum absolute atomic E-state index is 13.9. The van der Waals surface area contributed by atoms with Crippen LogP contribution >= 0.6 is 11.8 Å². The Kier molecular flexibility index (Phi) is 5.32. The highest BCUT2D eigenvalue weighted by Crippen LogP contribution is 2.54. The van der Waals surface area contributed by atoms with Crippen molar-refractivity contribution in [3.63, 3.8) is 0 Å². The third-order valence-electron chi connectivity index (χ3n) is 5.94. The number of nitrogens with one attached hydrogen (secondary N) is 1. The molecule has 0 bridgehead atoms. The molecule has 8 heteroatoms. The van der Waals surface area contributed by atoms with E-state index >= 15 is 0 Å². The summed E-state index contributed by atoms with van der Waals surface area (Å²) in [6.07, 6.45) is 0. The van der Waals surface area contributed by atoms with Gasteiger partial charge in [-0.15, -0.1) is 11.8 Å². The summed E-state index contributed by atoms with van der Waals surface area (Å²) < 4.78 is 26.7. The molecule has 168 valence electrons. The number of nitrogens with zero attached hydrogens (tertiary/aromatic N) is 2. The Morgan fingerprint density at radius 1 is 1.03 bits per heavy atom. The molecule has 2 aliphatic heterocycles. The fraction of sp³-hybridized carbons (Fsp3) is 0.200. The third kappa shape index (κ3) is 3.64. The van der Waals surface area contributed by atoms with E-state index in [1.54, 1.807) is 21.9 Å². The van der Waals surface area contributed by atoms with Crippen molar-refractivity contribution >= 4 is 35.1 Å². The molecule has 2 heterocycles. The second kappa shape index (κ2) is 8.19. The largest absolute Gasteiger partial charge is 0.323 e. The minimum Gasteiger partial charge on any atom is -0.308 e. The number of anilines is 2. The molecule has 3 amide bonds. The summed E-state index contributed by atoms with van der Waals surface area (Å²) in [5, 5.41) is 2.79. The van der Waals surface area contributed by atoms with Gasteiger partial charge in [-0.05, 0) is 55.0 Å². The molecule has 5 rings (SSSR count). The van der Waals surface area contributed by atoms with Crippen LogP contribution in [0.2, 0.25) is 0 Å². The smallest absolute Gasteiger partial charge is 0.308 e. The van der Waals surface area contributed by atoms with Gasteiger partial charge in [0.05, 0.1) is 12.2 Å². The minimum absolute atomic E-state index is 0.204. The molecule has 3 aromatic rings. The van der Waals surface area contributed by atoms with Crippen LogP contribution < -0.4 is 10.2 Å². The van der Waals surface area contributed by atoms with Crippen molar-refractivity contribution in [2.75, 3.05) is 22.5 Å². The van der Waals surface area contributed by atoms with Crippen LogP contribution in [0.5, 0.6) is 0 Å². The lowest BCUT2D eigenvalue weighted by molar-refractivity contribution is -0.123. The molecule has 1 spiro atoms. The van der Waals surface area contributed by atoms with Crippen molar-refractivity contribution in [3.05, 3.63) is 95.1 Å². The van der Waals surface area contributed by atoms with E-state index in [1.807, 2.05) is 25.1 Å². The molecular formula is C25H21F2N3O2S. The lowest BCUT2D eigenvalue weighted by Gasteiger charge is -2.33. The van der Waals surface area contributed by atoms with E-state index < -0.39 is 16.7 Å². The molecule has 1 N–H and O–H groups in total. The lowest BCUT2D eigenvalue weighted by Crippen LogP contribution is -2.51. The van der Waals surface area contributed by atoms with Crippen LogP contribution in [0.25, 0.3) is 0 Å². The summed E-state index contributed by atoms with van der Waals surface area (Å²) in [5.74, 6) is -0.341. The Morgan fingerprint density at radius 3 is 2.39 bits per heavy atom. The number of fused-ring (bicyclic) bond motifs is 2. The van der Waals surface area contributed by atoms with Gasteiger partial charge < -0.3 is 10.2 Å². The second-order valence-electron chi connectivity index (χ2n) is 8.12. The van der Waals surface area contributed by atoms with Gasteiger partial charge in [-0.25, -0.2) is 13.6 Å². The third-order valence-corrected chi connectivity index (χ3v) is 7.36. The van der Waals surface area contributed by atoms with Crippen molar-refractivity contribution in [2.24, 2.45) is 0 Å². The maximum atomic E-state index is 13.9. The first-order valence-electron chi connectivity index (χ1n) is 10.5. The van der Waals surface area contributed by atoms with E-state index in [4.69, 9.17) is 0 Å². The second-order valence-corrected chi connectivity index (χ2v) is 9.41. The normalized spacial score (nSPS) is 19.3. The van der Waals surface area contributed by atoms with Gasteiger partial charge in [0.25, 0.3) is 5.91 Å². The summed E-state index contributed by atoms with van der Waals surface area (Å²) in [4.78, 5) is 29.3. The molecule has 1 saturated heterocycles. The van der Waals surface area contributed by atoms with E-state index in [9.17, 15) is 18.4 Å². The van der Waals surface area contributed by atoms with Gasteiger partial charge in [0.2, 0.25) is 0 Å². The number of carbonyl (C=O) groups excluding carboxylic acids is 2. The van der Waals surface area contributed by atoms with Gasteiger partial charge in [0.15, 0.2) is 4.87 Å². The van der Waals surface area contributed by atoms with Crippen LogP contribution in [-0.4, -0.2) is 29.1 Å². The molecule has 33 heavy (non-hydrogen) atoms. The molecule has 1 atom stereocenters. The van der Waals surface area contributed by atoms with Crippen LogP contribution in [0.4, 0.5) is 25.0 Å². The molecule has 0 radical (unpaired) electrons. The van der Waals surface area contributed by atoms with Gasteiger partial charge in [0, 0.05) is 23.5 Å². The fourth-order valence-corrected chi connectivity index (χ4v) is 5.83. The van der Waals surface area contributed by atoms with Gasteiger partial charge in [-0.3, -0.25) is 9.69 Å². The maximum Gasteiger partial charge on any atom is 0.323 e. The van der Waals surface area contributed by atoms with Crippen molar-refractivity contribution < 1.29 is 18.4 Å². The van der Waals surface area contributed by atoms with Crippen LogP contribution in [0.15, 0.2) is 66.7 Å². The summed E-state index contributed by atoms with van der Waals surface area (Å²) in [6.45, 7) is 2.61. The molecule has 3 aromatic carbocycles. The summed E-state index contributed by atoms with van der Waals surface area (Å²) in [7, 11) is 0. The molecule has 0 saturated carbocycles. The zero-order valence-corrected chi connectivity index (χ0v) is 18.7. The van der Waals surface area contributed by atoms with E-state index in [0.717, 1.165) is 22.4 Å². The predicted molar refractivity (Wildman–Crippen MR) is 125 cm³/mol. The van der Waals surface area contributed by atoms with Gasteiger partial charge in [-0.1, -0.05) is 29.8 Å². The van der Waals surface area contributed by atoms with Crippen molar-refractivity contribution in [1.29, 1.82) is 0 Å². The van der Waals surface area contributed by atoms with E-state index in [0.29, 0.717) is 18.0 Å². The Labute approximate surface area is 194 Å². The van der Waals surface area contributed by atoms with Crippen molar-refractivity contribution in [2.45, 2.75) is 18.3 Å². The van der Waals surface area contributed by atoms with Gasteiger partial charge >= 0.3 is 6.03 Å². The fourth-order valence-electron chi connectivity index (χ4n) is 4.38. The number of amides is 3. The number of carbonyl (C=O) groups is 2. The molecule has 1 fully saturated rings. The Hall–Kier alpha value is -3.39. The van der Waals surface area contributed by atoms with Crippen molar-refractivity contribution in [3.8, 4) is 0 Å². The zero-order chi connectivity index (χ0) is 23.2. The Balaban J connectivity index is 1.52. The number of thioether (sulfide) groups is 1. The molecular weight excluding hydrogens is 444 g/mol. The molecule has 5 nitrogen and oxygen atoms in total. The number of hydrogen-bond donors (Lipinski definition) is 1. The highest BCUT2D eigenvalue weighted by Gasteiger charge is 2.59. The van der Waals surface area contributed by atoms with Gasteiger partial charge in [-0.2, -0.15) is 0 Å². The molecule has 2 aliphatic rings. The Bertz CT molecular complexity index is 1230. The minimum atomic E-state index is -1.19.